The third-order valence-electron chi connectivity index (χ3n) is 8.23. The van der Waals surface area contributed by atoms with Gasteiger partial charge in [0.25, 0.3) is 0 Å². The minimum Gasteiger partial charge on any atom is -0.378 e. The van der Waals surface area contributed by atoms with E-state index in [4.69, 9.17) is 4.74 Å². The molecule has 2 saturated carbocycles. The molecule has 162 valence electrons. The van der Waals surface area contributed by atoms with Crippen LogP contribution in [-0.4, -0.2) is 25.7 Å². The smallest absolute Gasteiger partial charge is 0.357 e. The van der Waals surface area contributed by atoms with Gasteiger partial charge in [0.1, 0.15) is 0 Å². The highest BCUT2D eigenvalue weighted by atomic mass is 32.2. The van der Waals surface area contributed by atoms with Gasteiger partial charge in [0.15, 0.2) is 0 Å². The first-order valence-corrected chi connectivity index (χ1v) is 12.8. The summed E-state index contributed by atoms with van der Waals surface area (Å²) in [5, 5.41) is 0. The Labute approximate surface area is 175 Å². The van der Waals surface area contributed by atoms with Gasteiger partial charge in [-0.3, -0.25) is 9.27 Å². The van der Waals surface area contributed by atoms with Crippen LogP contribution in [0.15, 0.2) is 12.1 Å². The van der Waals surface area contributed by atoms with E-state index in [0.29, 0.717) is 29.0 Å². The van der Waals surface area contributed by atoms with E-state index in [0.717, 1.165) is 30.9 Å². The van der Waals surface area contributed by atoms with Crippen molar-refractivity contribution in [3.63, 3.8) is 0 Å². The van der Waals surface area contributed by atoms with Crippen LogP contribution in [-0.2, 0) is 27.9 Å². The molecule has 0 unspecified atom stereocenters. The first-order valence-electron chi connectivity index (χ1n) is 11.4. The number of fused-ring (bicyclic) bond motifs is 5. The number of benzene rings is 1. The molecule has 2 N–H and O–H groups in total. The molecule has 2 fully saturated rings. The summed E-state index contributed by atoms with van der Waals surface area (Å²) in [5.74, 6) is 2.00. The average Bonchev–Trinajstić information content (AvgIpc) is 3.05. The molecule has 4 rings (SSSR count). The molecule has 0 amide bonds. The zero-order valence-electron chi connectivity index (χ0n) is 17.9. The Morgan fingerprint density at radius 2 is 1.97 bits per heavy atom. The third-order valence-corrected chi connectivity index (χ3v) is 8.71. The van der Waals surface area contributed by atoms with Gasteiger partial charge in [-0.05, 0) is 104 Å². The number of hydrogen-bond acceptors (Lipinski definition) is 3. The van der Waals surface area contributed by atoms with Gasteiger partial charge in [0.05, 0.1) is 11.8 Å². The number of ether oxygens (including phenoxy) is 1. The van der Waals surface area contributed by atoms with Gasteiger partial charge in [-0.2, -0.15) is 8.42 Å². The van der Waals surface area contributed by atoms with Crippen molar-refractivity contribution in [2.24, 2.45) is 17.3 Å². The van der Waals surface area contributed by atoms with Crippen molar-refractivity contribution in [3.05, 3.63) is 28.8 Å². The van der Waals surface area contributed by atoms with Gasteiger partial charge in [-0.1, -0.05) is 19.9 Å². The van der Waals surface area contributed by atoms with E-state index in [-0.39, 0.29) is 0 Å². The Bertz CT molecular complexity index is 868. The minimum atomic E-state index is -4.26. The van der Waals surface area contributed by atoms with Gasteiger partial charge >= 0.3 is 10.3 Å². The van der Waals surface area contributed by atoms with Crippen LogP contribution in [0, 0.1) is 17.3 Å². The predicted molar refractivity (Wildman–Crippen MR) is 116 cm³/mol. The molecule has 0 aromatic heterocycles. The highest BCUT2D eigenvalue weighted by Crippen LogP contribution is 2.63. The molecule has 6 heteroatoms. The topological polar surface area (TPSA) is 75.6 Å². The largest absolute Gasteiger partial charge is 0.378 e. The SMILES string of the molecule is CCO[C@H]1CC[C@H]2[C@@H]3CCc4cc(NS(=O)(=O)O)c(CC)cc4[C@H]3CC[C@]12CC. The lowest BCUT2D eigenvalue weighted by atomic mass is 9.54. The molecule has 3 aliphatic rings. The van der Waals surface area contributed by atoms with E-state index in [1.54, 1.807) is 0 Å². The fourth-order valence-corrected chi connectivity index (χ4v) is 7.54. The van der Waals surface area contributed by atoms with Crippen LogP contribution >= 0.6 is 0 Å². The molecule has 5 atom stereocenters. The van der Waals surface area contributed by atoms with Crippen LogP contribution in [0.4, 0.5) is 5.69 Å². The van der Waals surface area contributed by atoms with Gasteiger partial charge in [0, 0.05) is 6.61 Å². The van der Waals surface area contributed by atoms with Gasteiger partial charge < -0.3 is 4.74 Å². The van der Waals surface area contributed by atoms with E-state index in [9.17, 15) is 13.0 Å². The Hall–Kier alpha value is -1.11. The maximum Gasteiger partial charge on any atom is 0.357 e. The Balaban J connectivity index is 1.67. The normalized spacial score (nSPS) is 33.7. The molecule has 0 aliphatic heterocycles. The van der Waals surface area contributed by atoms with Crippen LogP contribution in [0.25, 0.3) is 0 Å². The predicted octanol–water partition coefficient (Wildman–Crippen LogP) is 5.12. The van der Waals surface area contributed by atoms with E-state index in [1.165, 1.54) is 49.7 Å². The van der Waals surface area contributed by atoms with Crippen molar-refractivity contribution in [1.82, 2.24) is 0 Å². The zero-order chi connectivity index (χ0) is 20.8. The standard InChI is InChI=1S/C23H35NO4S/c1-4-15-13-19-16(14-21(15)24-29(25,26)27)7-8-18-17(19)11-12-23(5-2)20(18)9-10-22(23)28-6-3/h13-14,17-18,20,22,24H,4-12H2,1-3H3,(H,25,26,27)/t17-,18+,20-,22-,23-/m0/s1. The van der Waals surface area contributed by atoms with E-state index in [2.05, 4.69) is 24.6 Å². The van der Waals surface area contributed by atoms with Crippen molar-refractivity contribution >= 4 is 16.0 Å². The molecule has 29 heavy (non-hydrogen) atoms. The second-order valence-electron chi connectivity index (χ2n) is 9.20. The Morgan fingerprint density at radius 1 is 1.17 bits per heavy atom. The summed E-state index contributed by atoms with van der Waals surface area (Å²) in [7, 11) is -4.26. The van der Waals surface area contributed by atoms with E-state index < -0.39 is 10.3 Å². The van der Waals surface area contributed by atoms with Crippen LogP contribution in [0.5, 0.6) is 0 Å². The van der Waals surface area contributed by atoms with Crippen molar-refractivity contribution in [3.8, 4) is 0 Å². The number of nitrogens with one attached hydrogen (secondary N) is 1. The summed E-state index contributed by atoms with van der Waals surface area (Å²) in [5.41, 5.74) is 4.51. The molecule has 0 radical (unpaired) electrons. The maximum atomic E-state index is 11.4. The summed E-state index contributed by atoms with van der Waals surface area (Å²) in [6.45, 7) is 7.30. The summed E-state index contributed by atoms with van der Waals surface area (Å²) in [6.07, 6.45) is 9.39. The molecule has 5 nitrogen and oxygen atoms in total. The molecule has 0 heterocycles. The summed E-state index contributed by atoms with van der Waals surface area (Å²) < 4.78 is 40.5. The summed E-state index contributed by atoms with van der Waals surface area (Å²) >= 11 is 0. The maximum absolute atomic E-state index is 11.4. The van der Waals surface area contributed by atoms with Gasteiger partial charge in [0.2, 0.25) is 0 Å². The minimum absolute atomic E-state index is 0.342. The van der Waals surface area contributed by atoms with Gasteiger partial charge in [-0.25, -0.2) is 0 Å². The molecular formula is C23H35NO4S. The lowest BCUT2D eigenvalue weighted by molar-refractivity contribution is -0.0734. The monoisotopic (exact) mass is 421 g/mol. The van der Waals surface area contributed by atoms with Crippen LogP contribution in [0.1, 0.15) is 81.9 Å². The number of rotatable bonds is 6. The van der Waals surface area contributed by atoms with Crippen molar-refractivity contribution in [1.29, 1.82) is 0 Å². The second kappa shape index (κ2) is 7.86. The van der Waals surface area contributed by atoms with Crippen molar-refractivity contribution < 1.29 is 17.7 Å². The molecule has 0 spiro atoms. The van der Waals surface area contributed by atoms with Crippen molar-refractivity contribution in [2.75, 3.05) is 11.3 Å². The highest BCUT2D eigenvalue weighted by molar-refractivity contribution is 7.87. The average molecular weight is 422 g/mol. The number of aryl methyl sites for hydroxylation is 2. The molecule has 0 bridgehead atoms. The molecule has 1 aromatic carbocycles. The zero-order valence-corrected chi connectivity index (χ0v) is 18.7. The molecule has 1 aromatic rings. The summed E-state index contributed by atoms with van der Waals surface area (Å²) in [6, 6.07) is 4.19. The lowest BCUT2D eigenvalue weighted by Gasteiger charge is -2.52. The van der Waals surface area contributed by atoms with Crippen LogP contribution in [0.2, 0.25) is 0 Å². The lowest BCUT2D eigenvalue weighted by Crippen LogP contribution is -2.46. The highest BCUT2D eigenvalue weighted by Gasteiger charge is 2.56. The number of hydrogen-bond donors (Lipinski definition) is 2. The second-order valence-corrected chi connectivity index (χ2v) is 10.4. The fourth-order valence-electron chi connectivity index (χ4n) is 7.07. The van der Waals surface area contributed by atoms with Gasteiger partial charge in [-0.15, -0.1) is 0 Å². The van der Waals surface area contributed by atoms with Crippen molar-refractivity contribution in [2.45, 2.75) is 84.2 Å². The number of anilines is 1. The summed E-state index contributed by atoms with van der Waals surface area (Å²) in [4.78, 5) is 0. The van der Waals surface area contributed by atoms with Crippen LogP contribution in [0.3, 0.4) is 0 Å². The quantitative estimate of drug-likeness (QED) is 0.626. The fraction of sp³-hybridized carbons (Fsp3) is 0.739. The van der Waals surface area contributed by atoms with E-state index >= 15 is 0 Å². The van der Waals surface area contributed by atoms with E-state index in [1.807, 2.05) is 13.0 Å². The molecule has 0 saturated heterocycles. The first kappa shape index (κ1) is 21.1. The first-order chi connectivity index (χ1) is 13.8. The Morgan fingerprint density at radius 3 is 2.62 bits per heavy atom. The third kappa shape index (κ3) is 3.61. The Kier molecular flexibility index (Phi) is 5.73. The molecule has 3 aliphatic carbocycles. The van der Waals surface area contributed by atoms with Crippen LogP contribution < -0.4 is 4.72 Å². The molecular weight excluding hydrogens is 386 g/mol.